The highest BCUT2D eigenvalue weighted by Crippen LogP contribution is 2.42. The Kier molecular flexibility index (Phi) is 3.73. The summed E-state index contributed by atoms with van der Waals surface area (Å²) in [5, 5.41) is 0. The van der Waals surface area contributed by atoms with E-state index in [2.05, 4.69) is 0 Å². The lowest BCUT2D eigenvalue weighted by Gasteiger charge is -2.07. The molecule has 1 nitrogen and oxygen atoms in total. The highest BCUT2D eigenvalue weighted by Gasteiger charge is 2.36. The van der Waals surface area contributed by atoms with Crippen LogP contribution < -0.4 is 5.73 Å². The zero-order valence-corrected chi connectivity index (χ0v) is 10.3. The van der Waals surface area contributed by atoms with E-state index >= 15 is 0 Å². The van der Waals surface area contributed by atoms with Crippen molar-refractivity contribution in [2.45, 2.75) is 12.6 Å². The Bertz CT molecular complexity index is 517. The molecule has 2 rings (SSSR count). The molecule has 0 unspecified atom stereocenters. The Morgan fingerprint density at radius 3 is 2.33 bits per heavy atom. The van der Waals surface area contributed by atoms with E-state index in [1.807, 2.05) is 0 Å². The molecule has 0 radical (unpaired) electrons. The number of nitrogens with two attached hydrogens (primary N) is 1. The lowest BCUT2D eigenvalue weighted by atomic mass is 10.1. The molecule has 0 aliphatic carbocycles. The van der Waals surface area contributed by atoms with Crippen LogP contribution in [-0.4, -0.2) is 6.54 Å². The molecule has 1 aromatic carbocycles. The fourth-order valence-corrected chi connectivity index (χ4v) is 2.81. The van der Waals surface area contributed by atoms with Crippen molar-refractivity contribution in [1.82, 2.24) is 0 Å². The van der Waals surface area contributed by atoms with Gasteiger partial charge in [-0.15, -0.1) is 11.3 Å². The van der Waals surface area contributed by atoms with E-state index in [1.54, 1.807) is 36.4 Å². The van der Waals surface area contributed by atoms with E-state index in [4.69, 9.17) is 5.73 Å². The zero-order valence-electron chi connectivity index (χ0n) is 9.50. The summed E-state index contributed by atoms with van der Waals surface area (Å²) in [6.07, 6.45) is -3.84. The second-order valence-corrected chi connectivity index (χ2v) is 4.99. The highest BCUT2D eigenvalue weighted by atomic mass is 32.1. The van der Waals surface area contributed by atoms with Crippen molar-refractivity contribution in [1.29, 1.82) is 0 Å². The summed E-state index contributed by atoms with van der Waals surface area (Å²) in [7, 11) is 0. The molecule has 18 heavy (non-hydrogen) atoms. The Hall–Kier alpha value is -1.33. The molecule has 0 saturated carbocycles. The Morgan fingerprint density at radius 1 is 1.11 bits per heavy atom. The van der Waals surface area contributed by atoms with E-state index in [-0.39, 0.29) is 5.56 Å². The average molecular weight is 271 g/mol. The molecule has 0 aliphatic heterocycles. The lowest BCUT2D eigenvalue weighted by Crippen LogP contribution is -2.03. The Balaban J connectivity index is 2.51. The monoisotopic (exact) mass is 271 g/mol. The first-order valence-corrected chi connectivity index (χ1v) is 6.29. The van der Waals surface area contributed by atoms with E-state index in [0.717, 1.165) is 11.3 Å². The topological polar surface area (TPSA) is 26.0 Å². The van der Waals surface area contributed by atoms with Gasteiger partial charge in [-0.1, -0.05) is 30.3 Å². The maximum absolute atomic E-state index is 13.0. The molecule has 0 fully saturated rings. The maximum Gasteiger partial charge on any atom is 0.426 e. The minimum absolute atomic E-state index is 0.247. The van der Waals surface area contributed by atoms with Crippen LogP contribution in [0, 0.1) is 0 Å². The summed E-state index contributed by atoms with van der Waals surface area (Å²) in [6.45, 7) is 0.353. The first-order valence-electron chi connectivity index (χ1n) is 5.48. The first-order chi connectivity index (χ1) is 8.52. The standard InChI is InChI=1S/C13H12F3NS/c14-13(15,16)12-11(8-10(18-12)6-7-17)9-4-2-1-3-5-9/h1-5,8H,6-7,17H2. The zero-order chi connectivity index (χ0) is 13.2. The molecule has 0 aliphatic rings. The van der Waals surface area contributed by atoms with Crippen LogP contribution in [0.15, 0.2) is 36.4 Å². The van der Waals surface area contributed by atoms with E-state index < -0.39 is 11.1 Å². The largest absolute Gasteiger partial charge is 0.426 e. The van der Waals surface area contributed by atoms with Crippen molar-refractivity contribution in [2.24, 2.45) is 5.73 Å². The maximum atomic E-state index is 13.0. The van der Waals surface area contributed by atoms with Crippen molar-refractivity contribution in [2.75, 3.05) is 6.54 Å². The highest BCUT2D eigenvalue weighted by molar-refractivity contribution is 7.12. The molecule has 1 aromatic heterocycles. The van der Waals surface area contributed by atoms with Gasteiger partial charge in [-0.25, -0.2) is 0 Å². The molecule has 0 amide bonds. The fraction of sp³-hybridized carbons (Fsp3) is 0.231. The molecule has 0 atom stereocenters. The van der Waals surface area contributed by atoms with Gasteiger partial charge >= 0.3 is 6.18 Å². The summed E-state index contributed by atoms with van der Waals surface area (Å²) >= 11 is 0.781. The van der Waals surface area contributed by atoms with Gasteiger partial charge in [-0.2, -0.15) is 13.2 Å². The predicted molar refractivity (Wildman–Crippen MR) is 67.5 cm³/mol. The van der Waals surface area contributed by atoms with Gasteiger partial charge in [0.05, 0.1) is 0 Å². The van der Waals surface area contributed by atoms with Gasteiger partial charge in [0.2, 0.25) is 0 Å². The minimum Gasteiger partial charge on any atom is -0.330 e. The average Bonchev–Trinajstić information content (AvgIpc) is 2.75. The van der Waals surface area contributed by atoms with Crippen LogP contribution in [0.25, 0.3) is 11.1 Å². The molecule has 96 valence electrons. The van der Waals surface area contributed by atoms with Gasteiger partial charge in [0, 0.05) is 10.4 Å². The van der Waals surface area contributed by atoms with Gasteiger partial charge in [0.1, 0.15) is 4.88 Å². The number of hydrogen-bond donors (Lipinski definition) is 1. The molecule has 0 saturated heterocycles. The number of rotatable bonds is 3. The van der Waals surface area contributed by atoms with Crippen molar-refractivity contribution >= 4 is 11.3 Å². The second-order valence-electron chi connectivity index (χ2n) is 3.86. The third-order valence-corrected chi connectivity index (χ3v) is 3.76. The van der Waals surface area contributed by atoms with Crippen LogP contribution in [0.3, 0.4) is 0 Å². The summed E-state index contributed by atoms with van der Waals surface area (Å²) < 4.78 is 38.9. The minimum atomic E-state index is -4.32. The fourth-order valence-electron chi connectivity index (χ4n) is 1.75. The smallest absolute Gasteiger partial charge is 0.330 e. The molecule has 5 heteroatoms. The first kappa shape index (κ1) is 13.1. The Morgan fingerprint density at radius 2 is 1.78 bits per heavy atom. The van der Waals surface area contributed by atoms with Crippen LogP contribution in [0.1, 0.15) is 9.75 Å². The second kappa shape index (κ2) is 5.12. The quantitative estimate of drug-likeness (QED) is 0.899. The normalized spacial score (nSPS) is 11.8. The number of halogens is 3. The number of benzene rings is 1. The summed E-state index contributed by atoms with van der Waals surface area (Å²) in [6, 6.07) is 10.2. The van der Waals surface area contributed by atoms with Gasteiger partial charge in [-0.05, 0) is 24.6 Å². The molecule has 1 heterocycles. The lowest BCUT2D eigenvalue weighted by molar-refractivity contribution is -0.133. The van der Waals surface area contributed by atoms with Crippen LogP contribution in [0.4, 0.5) is 13.2 Å². The molecule has 0 bridgehead atoms. The van der Waals surface area contributed by atoms with Crippen molar-refractivity contribution < 1.29 is 13.2 Å². The summed E-state index contributed by atoms with van der Waals surface area (Å²) in [4.78, 5) is 0.126. The third kappa shape index (κ3) is 2.73. The number of thiophene rings is 1. The van der Waals surface area contributed by atoms with Crippen LogP contribution in [0.2, 0.25) is 0 Å². The predicted octanol–water partition coefficient (Wildman–Crippen LogP) is 3.94. The summed E-state index contributed by atoms with van der Waals surface area (Å²) in [5.74, 6) is 0. The molecule has 2 N–H and O–H groups in total. The molecular formula is C13H12F3NS. The molecule has 2 aromatic rings. The van der Waals surface area contributed by atoms with Crippen LogP contribution in [-0.2, 0) is 12.6 Å². The van der Waals surface area contributed by atoms with E-state index in [9.17, 15) is 13.2 Å². The molecule has 0 spiro atoms. The van der Waals surface area contributed by atoms with Gasteiger partial charge in [0.25, 0.3) is 0 Å². The van der Waals surface area contributed by atoms with Crippen molar-refractivity contribution in [3.8, 4) is 11.1 Å². The summed E-state index contributed by atoms with van der Waals surface area (Å²) in [5.41, 5.74) is 6.23. The SMILES string of the molecule is NCCc1cc(-c2ccccc2)c(C(F)(F)F)s1. The van der Waals surface area contributed by atoms with Gasteiger partial charge in [-0.3, -0.25) is 0 Å². The number of alkyl halides is 3. The van der Waals surface area contributed by atoms with E-state index in [0.29, 0.717) is 23.4 Å². The van der Waals surface area contributed by atoms with Crippen molar-refractivity contribution in [3.63, 3.8) is 0 Å². The van der Waals surface area contributed by atoms with Gasteiger partial charge in [0.15, 0.2) is 0 Å². The number of hydrogen-bond acceptors (Lipinski definition) is 2. The van der Waals surface area contributed by atoms with Gasteiger partial charge < -0.3 is 5.73 Å². The van der Waals surface area contributed by atoms with Crippen LogP contribution >= 0.6 is 11.3 Å². The Labute approximate surface area is 107 Å². The van der Waals surface area contributed by atoms with E-state index in [1.165, 1.54) is 0 Å². The molecular weight excluding hydrogens is 259 g/mol. The van der Waals surface area contributed by atoms with Crippen molar-refractivity contribution in [3.05, 3.63) is 46.2 Å². The third-order valence-electron chi connectivity index (χ3n) is 2.52. The van der Waals surface area contributed by atoms with Crippen LogP contribution in [0.5, 0.6) is 0 Å².